The van der Waals surface area contributed by atoms with Gasteiger partial charge in [0.1, 0.15) is 11.4 Å². The van der Waals surface area contributed by atoms with Crippen LogP contribution >= 0.6 is 23.2 Å². The van der Waals surface area contributed by atoms with Gasteiger partial charge in [0, 0.05) is 34.3 Å². The summed E-state index contributed by atoms with van der Waals surface area (Å²) < 4.78 is 0. The van der Waals surface area contributed by atoms with Gasteiger partial charge < -0.3 is 15.7 Å². The average molecular weight is 434 g/mol. The largest absolute Gasteiger partial charge is 0.395 e. The van der Waals surface area contributed by atoms with Crippen LogP contribution in [-0.4, -0.2) is 46.3 Å². The zero-order valence-electron chi connectivity index (χ0n) is 16.1. The van der Waals surface area contributed by atoms with E-state index in [0.29, 0.717) is 29.7 Å². The van der Waals surface area contributed by atoms with Crippen molar-refractivity contribution in [2.45, 2.75) is 19.5 Å². The number of aromatic nitrogens is 3. The van der Waals surface area contributed by atoms with Crippen LogP contribution in [0.2, 0.25) is 10.0 Å². The molecule has 3 rings (SSSR count). The second kappa shape index (κ2) is 11.3. The lowest BCUT2D eigenvalue weighted by Gasteiger charge is -2.06. The molecule has 0 aliphatic rings. The molecule has 3 aromatic rings. The fraction of sp³-hybridized carbons (Fsp3) is 0.333. The molecule has 1 aromatic heterocycles. The van der Waals surface area contributed by atoms with Crippen LogP contribution in [0.1, 0.15) is 17.7 Å². The van der Waals surface area contributed by atoms with Gasteiger partial charge in [-0.1, -0.05) is 59.6 Å². The lowest BCUT2D eigenvalue weighted by atomic mass is 10.1. The van der Waals surface area contributed by atoms with Crippen molar-refractivity contribution in [3.63, 3.8) is 0 Å². The second-order valence-corrected chi connectivity index (χ2v) is 7.41. The minimum atomic E-state index is 0.159. The number of nitrogens with zero attached hydrogens (tertiary/aromatic N) is 3. The van der Waals surface area contributed by atoms with Crippen molar-refractivity contribution in [2.24, 2.45) is 0 Å². The van der Waals surface area contributed by atoms with Gasteiger partial charge in [-0.15, -0.1) is 0 Å². The molecule has 0 aliphatic heterocycles. The first-order valence-electron chi connectivity index (χ1n) is 9.63. The minimum absolute atomic E-state index is 0.159. The summed E-state index contributed by atoms with van der Waals surface area (Å²) in [6, 6.07) is 15.5. The van der Waals surface area contributed by atoms with Crippen LogP contribution in [0.15, 0.2) is 48.5 Å². The van der Waals surface area contributed by atoms with Crippen molar-refractivity contribution in [2.75, 3.05) is 26.2 Å². The van der Waals surface area contributed by atoms with Crippen LogP contribution in [0.5, 0.6) is 0 Å². The van der Waals surface area contributed by atoms with E-state index in [1.165, 1.54) is 0 Å². The molecular weight excluding hydrogens is 409 g/mol. The molecule has 0 bridgehead atoms. The van der Waals surface area contributed by atoms with E-state index in [4.69, 9.17) is 33.4 Å². The maximum absolute atomic E-state index is 8.79. The van der Waals surface area contributed by atoms with Crippen molar-refractivity contribution in [1.29, 1.82) is 0 Å². The molecule has 6 nitrogen and oxygen atoms in total. The Morgan fingerprint density at radius 1 is 0.862 bits per heavy atom. The van der Waals surface area contributed by atoms with Gasteiger partial charge in [0.25, 0.3) is 0 Å². The summed E-state index contributed by atoms with van der Waals surface area (Å²) in [7, 11) is 0. The normalized spacial score (nSPS) is 11.1. The second-order valence-electron chi connectivity index (χ2n) is 6.60. The fourth-order valence-corrected chi connectivity index (χ4v) is 3.48. The molecule has 0 fully saturated rings. The molecule has 0 saturated carbocycles. The zero-order chi connectivity index (χ0) is 20.5. The van der Waals surface area contributed by atoms with Crippen LogP contribution in [0.3, 0.4) is 0 Å². The topological polar surface area (TPSA) is 75.0 Å². The Morgan fingerprint density at radius 2 is 1.59 bits per heavy atom. The first-order valence-corrected chi connectivity index (χ1v) is 10.4. The van der Waals surface area contributed by atoms with Gasteiger partial charge in [-0.2, -0.15) is 15.0 Å². The monoisotopic (exact) mass is 433 g/mol. The van der Waals surface area contributed by atoms with Gasteiger partial charge in [-0.3, -0.25) is 0 Å². The summed E-state index contributed by atoms with van der Waals surface area (Å²) in [5.41, 5.74) is 3.55. The summed E-state index contributed by atoms with van der Waals surface area (Å²) in [6.07, 6.45) is 0.962. The lowest BCUT2D eigenvalue weighted by Crippen LogP contribution is -2.24. The summed E-state index contributed by atoms with van der Waals surface area (Å²) in [4.78, 5) is 1.65. The third-order valence-corrected chi connectivity index (χ3v) is 5.13. The number of nitrogens with one attached hydrogen (secondary N) is 2. The Morgan fingerprint density at radius 3 is 2.31 bits per heavy atom. The van der Waals surface area contributed by atoms with Gasteiger partial charge >= 0.3 is 0 Å². The van der Waals surface area contributed by atoms with Crippen molar-refractivity contribution in [3.05, 3.63) is 69.8 Å². The highest BCUT2D eigenvalue weighted by Crippen LogP contribution is 2.26. The maximum atomic E-state index is 8.79. The van der Waals surface area contributed by atoms with Gasteiger partial charge in [-0.05, 0) is 31.6 Å². The number of aliphatic hydroxyl groups is 1. The predicted molar refractivity (Wildman–Crippen MR) is 117 cm³/mol. The van der Waals surface area contributed by atoms with Crippen molar-refractivity contribution >= 4 is 23.2 Å². The molecular formula is C21H25Cl2N5O. The van der Waals surface area contributed by atoms with E-state index in [1.807, 2.05) is 48.5 Å². The van der Waals surface area contributed by atoms with E-state index >= 15 is 0 Å². The molecule has 29 heavy (non-hydrogen) atoms. The molecule has 0 unspecified atom stereocenters. The highest BCUT2D eigenvalue weighted by Gasteiger charge is 2.15. The third-order valence-electron chi connectivity index (χ3n) is 4.42. The molecule has 0 aliphatic carbocycles. The Balaban J connectivity index is 1.72. The standard InChI is InChI=1S/C21H25Cl2N5O/c22-18-8-4-9-19(23)17(18)15-28-26-20(14-25-11-5-10-24-12-13-29)21(27-28)16-6-2-1-3-7-16/h1-4,6-9,24-25,29H,5,10-15H2. The van der Waals surface area contributed by atoms with E-state index in [-0.39, 0.29) is 6.61 Å². The fourth-order valence-electron chi connectivity index (χ4n) is 2.97. The van der Waals surface area contributed by atoms with Gasteiger partial charge in [0.15, 0.2) is 0 Å². The molecule has 3 N–H and O–H groups in total. The number of aliphatic hydroxyl groups excluding tert-OH is 1. The first-order chi connectivity index (χ1) is 14.2. The molecule has 0 radical (unpaired) electrons. The summed E-state index contributed by atoms with van der Waals surface area (Å²) in [6.45, 7) is 3.50. The smallest absolute Gasteiger partial charge is 0.117 e. The Labute approximate surface area is 180 Å². The van der Waals surface area contributed by atoms with Gasteiger partial charge in [0.2, 0.25) is 0 Å². The first kappa shape index (κ1) is 21.7. The maximum Gasteiger partial charge on any atom is 0.117 e. The van der Waals surface area contributed by atoms with E-state index in [2.05, 4.69) is 15.7 Å². The van der Waals surface area contributed by atoms with Crippen molar-refractivity contribution in [3.8, 4) is 11.3 Å². The molecule has 0 spiro atoms. The number of halogens is 2. The van der Waals surface area contributed by atoms with Crippen LogP contribution in [0, 0.1) is 0 Å². The van der Waals surface area contributed by atoms with E-state index < -0.39 is 0 Å². The number of benzene rings is 2. The van der Waals surface area contributed by atoms with Gasteiger partial charge in [-0.25, -0.2) is 0 Å². The Bertz CT molecular complexity index is 881. The molecule has 0 atom stereocenters. The Hall–Kier alpha value is -1.96. The third kappa shape index (κ3) is 6.26. The van der Waals surface area contributed by atoms with E-state index in [0.717, 1.165) is 42.0 Å². The summed E-state index contributed by atoms with van der Waals surface area (Å²) in [5.74, 6) is 0. The highest BCUT2D eigenvalue weighted by molar-refractivity contribution is 6.35. The van der Waals surface area contributed by atoms with E-state index in [1.54, 1.807) is 4.80 Å². The van der Waals surface area contributed by atoms with Gasteiger partial charge in [0.05, 0.1) is 13.2 Å². The van der Waals surface area contributed by atoms with Crippen molar-refractivity contribution < 1.29 is 5.11 Å². The van der Waals surface area contributed by atoms with E-state index in [9.17, 15) is 0 Å². The van der Waals surface area contributed by atoms with Crippen LogP contribution in [0.4, 0.5) is 0 Å². The molecule has 2 aromatic carbocycles. The zero-order valence-corrected chi connectivity index (χ0v) is 17.6. The number of hydrogen-bond donors (Lipinski definition) is 3. The quantitative estimate of drug-likeness (QED) is 0.404. The summed E-state index contributed by atoms with van der Waals surface area (Å²) >= 11 is 12.6. The molecule has 0 saturated heterocycles. The average Bonchev–Trinajstić information content (AvgIpc) is 3.13. The molecule has 154 valence electrons. The van der Waals surface area contributed by atoms with Crippen LogP contribution < -0.4 is 10.6 Å². The van der Waals surface area contributed by atoms with Crippen LogP contribution in [0.25, 0.3) is 11.3 Å². The number of rotatable bonds is 11. The predicted octanol–water partition coefficient (Wildman–Crippen LogP) is 3.36. The lowest BCUT2D eigenvalue weighted by molar-refractivity contribution is 0.292. The number of hydrogen-bond acceptors (Lipinski definition) is 5. The van der Waals surface area contributed by atoms with Crippen molar-refractivity contribution in [1.82, 2.24) is 25.6 Å². The molecule has 8 heteroatoms. The molecule has 0 amide bonds. The minimum Gasteiger partial charge on any atom is -0.395 e. The Kier molecular flexibility index (Phi) is 8.46. The highest BCUT2D eigenvalue weighted by atomic mass is 35.5. The summed E-state index contributed by atoms with van der Waals surface area (Å²) in [5, 5.41) is 26.0. The van der Waals surface area contributed by atoms with Crippen LogP contribution in [-0.2, 0) is 13.1 Å². The SMILES string of the molecule is OCCNCCCNCc1nn(Cc2c(Cl)cccc2Cl)nc1-c1ccccc1. The molecule has 1 heterocycles.